The number of para-hydroxylation sites is 2. The number of nitrogens with zero attached hydrogens (tertiary/aromatic N) is 3. The Morgan fingerprint density at radius 2 is 1.76 bits per heavy atom. The van der Waals surface area contributed by atoms with Gasteiger partial charge in [0.2, 0.25) is 0 Å². The minimum absolute atomic E-state index is 0.116. The van der Waals surface area contributed by atoms with Crippen molar-refractivity contribution in [2.75, 3.05) is 13.1 Å². The maximum atomic E-state index is 12.9. The maximum absolute atomic E-state index is 12.9. The smallest absolute Gasteiger partial charge is 0.290 e. The van der Waals surface area contributed by atoms with Crippen LogP contribution >= 0.6 is 11.3 Å². The minimum Gasteiger partial charge on any atom is -0.451 e. The lowest BCUT2D eigenvalue weighted by Crippen LogP contribution is -2.42. The average molecular weight is 515 g/mol. The molecule has 1 aliphatic heterocycles. The van der Waals surface area contributed by atoms with Crippen molar-refractivity contribution < 1.29 is 18.8 Å². The third kappa shape index (κ3) is 4.45. The van der Waals surface area contributed by atoms with Crippen LogP contribution in [0.25, 0.3) is 21.9 Å². The van der Waals surface area contributed by atoms with Crippen LogP contribution in [0.3, 0.4) is 0 Å². The standard InChI is InChI=1S/C26H22N6O4S/c33-23(30-31-24(34)22-17-6-2-3-7-18(17)28-29-22)19-14-37-25(27-19)15-9-11-32(12-10-15)26(35)21-13-16-5-1-4-8-20(16)36-21/h1-8,13-15H,9-12H2,(H,28,29)(H,30,33)(H,31,34). The molecule has 2 aromatic carbocycles. The predicted molar refractivity (Wildman–Crippen MR) is 137 cm³/mol. The molecule has 1 fully saturated rings. The number of hydrazine groups is 1. The second-order valence-electron chi connectivity index (χ2n) is 8.81. The molecule has 3 N–H and O–H groups in total. The van der Waals surface area contributed by atoms with Gasteiger partial charge in [-0.3, -0.25) is 30.3 Å². The van der Waals surface area contributed by atoms with Gasteiger partial charge in [0.25, 0.3) is 17.7 Å². The molecule has 4 heterocycles. The van der Waals surface area contributed by atoms with Gasteiger partial charge in [0.05, 0.1) is 10.5 Å². The van der Waals surface area contributed by atoms with Crippen molar-refractivity contribution in [1.29, 1.82) is 0 Å². The summed E-state index contributed by atoms with van der Waals surface area (Å²) in [6.45, 7) is 1.16. The fraction of sp³-hybridized carbons (Fsp3) is 0.192. The van der Waals surface area contributed by atoms with E-state index >= 15 is 0 Å². The normalized spacial score (nSPS) is 14.2. The molecule has 1 saturated heterocycles. The van der Waals surface area contributed by atoms with E-state index in [1.54, 1.807) is 22.4 Å². The monoisotopic (exact) mass is 514 g/mol. The summed E-state index contributed by atoms with van der Waals surface area (Å²) in [6.07, 6.45) is 1.48. The summed E-state index contributed by atoms with van der Waals surface area (Å²) >= 11 is 1.40. The molecule has 10 nitrogen and oxygen atoms in total. The maximum Gasteiger partial charge on any atom is 0.290 e. The zero-order chi connectivity index (χ0) is 25.4. The van der Waals surface area contributed by atoms with Crippen LogP contribution in [0, 0.1) is 0 Å². The molecular formula is C26H22N6O4S. The van der Waals surface area contributed by atoms with Crippen molar-refractivity contribution >= 4 is 50.9 Å². The van der Waals surface area contributed by atoms with E-state index in [1.165, 1.54) is 11.3 Å². The van der Waals surface area contributed by atoms with Crippen molar-refractivity contribution in [1.82, 2.24) is 30.9 Å². The molecule has 5 aromatic rings. The van der Waals surface area contributed by atoms with Gasteiger partial charge in [-0.1, -0.05) is 36.4 Å². The van der Waals surface area contributed by atoms with Gasteiger partial charge in [0, 0.05) is 35.2 Å². The number of benzene rings is 2. The summed E-state index contributed by atoms with van der Waals surface area (Å²) in [5, 5.41) is 10.9. The molecule has 0 spiro atoms. The summed E-state index contributed by atoms with van der Waals surface area (Å²) < 4.78 is 5.73. The van der Waals surface area contributed by atoms with E-state index in [4.69, 9.17) is 4.42 Å². The van der Waals surface area contributed by atoms with Crippen molar-refractivity contribution in [3.63, 3.8) is 0 Å². The molecule has 37 heavy (non-hydrogen) atoms. The topological polar surface area (TPSA) is 133 Å². The van der Waals surface area contributed by atoms with E-state index in [0.717, 1.165) is 28.8 Å². The van der Waals surface area contributed by atoms with Crippen molar-refractivity contribution in [3.05, 3.63) is 82.1 Å². The number of H-pyrrole nitrogens is 1. The summed E-state index contributed by atoms with van der Waals surface area (Å²) in [4.78, 5) is 44.3. The van der Waals surface area contributed by atoms with Gasteiger partial charge in [-0.15, -0.1) is 11.3 Å². The van der Waals surface area contributed by atoms with Crippen LogP contribution < -0.4 is 10.9 Å². The summed E-state index contributed by atoms with van der Waals surface area (Å²) in [5.74, 6) is -0.653. The van der Waals surface area contributed by atoms with E-state index in [0.29, 0.717) is 29.8 Å². The number of aromatic amines is 1. The molecule has 6 rings (SSSR count). The van der Waals surface area contributed by atoms with Crippen molar-refractivity contribution in [2.45, 2.75) is 18.8 Å². The molecule has 3 aromatic heterocycles. The number of carbonyl (C=O) groups excluding carboxylic acids is 3. The summed E-state index contributed by atoms with van der Waals surface area (Å²) in [5.41, 5.74) is 6.66. The number of likely N-dealkylation sites (tertiary alicyclic amines) is 1. The number of hydrogen-bond donors (Lipinski definition) is 3. The van der Waals surface area contributed by atoms with Crippen LogP contribution in [0.15, 0.2) is 64.4 Å². The van der Waals surface area contributed by atoms with Crippen LogP contribution in [0.2, 0.25) is 0 Å². The van der Waals surface area contributed by atoms with Gasteiger partial charge in [0.15, 0.2) is 11.5 Å². The highest BCUT2D eigenvalue weighted by Crippen LogP contribution is 2.31. The van der Waals surface area contributed by atoms with Gasteiger partial charge < -0.3 is 9.32 Å². The van der Waals surface area contributed by atoms with Gasteiger partial charge in [-0.25, -0.2) is 4.98 Å². The minimum atomic E-state index is -0.525. The Hall–Kier alpha value is -4.51. The van der Waals surface area contributed by atoms with Gasteiger partial charge in [-0.05, 0) is 31.0 Å². The molecular weight excluding hydrogens is 492 g/mol. The first-order valence-corrected chi connectivity index (χ1v) is 12.7. The largest absolute Gasteiger partial charge is 0.451 e. The Balaban J connectivity index is 1.04. The molecule has 0 radical (unpaired) electrons. The van der Waals surface area contributed by atoms with Crippen LogP contribution in [-0.2, 0) is 0 Å². The fourth-order valence-electron chi connectivity index (χ4n) is 4.53. The van der Waals surface area contributed by atoms with Crippen LogP contribution in [0.1, 0.15) is 55.3 Å². The number of nitrogens with one attached hydrogen (secondary N) is 3. The summed E-state index contributed by atoms with van der Waals surface area (Å²) in [7, 11) is 0. The highest BCUT2D eigenvalue weighted by molar-refractivity contribution is 7.09. The summed E-state index contributed by atoms with van der Waals surface area (Å²) in [6, 6.07) is 16.6. The third-order valence-electron chi connectivity index (χ3n) is 6.50. The lowest BCUT2D eigenvalue weighted by atomic mass is 9.97. The van der Waals surface area contributed by atoms with Gasteiger partial charge in [0.1, 0.15) is 11.3 Å². The molecule has 186 valence electrons. The third-order valence-corrected chi connectivity index (χ3v) is 7.50. The van der Waals surface area contributed by atoms with Gasteiger partial charge >= 0.3 is 0 Å². The number of carbonyl (C=O) groups is 3. The number of aromatic nitrogens is 3. The number of thiazole rings is 1. The average Bonchev–Trinajstić information content (AvgIpc) is 3.69. The number of fused-ring (bicyclic) bond motifs is 2. The Morgan fingerprint density at radius 1 is 1.00 bits per heavy atom. The van der Waals surface area contributed by atoms with E-state index in [1.807, 2.05) is 42.5 Å². The first-order valence-electron chi connectivity index (χ1n) is 11.8. The highest BCUT2D eigenvalue weighted by Gasteiger charge is 2.28. The zero-order valence-electron chi connectivity index (χ0n) is 19.6. The van der Waals surface area contributed by atoms with Crippen molar-refractivity contribution in [2.24, 2.45) is 0 Å². The molecule has 1 aliphatic rings. The van der Waals surface area contributed by atoms with Crippen LogP contribution in [-0.4, -0.2) is 50.9 Å². The molecule has 0 bridgehead atoms. The van der Waals surface area contributed by atoms with E-state index in [-0.39, 0.29) is 23.2 Å². The van der Waals surface area contributed by atoms with Crippen LogP contribution in [0.5, 0.6) is 0 Å². The quantitative estimate of drug-likeness (QED) is 0.312. The number of piperidine rings is 1. The lowest BCUT2D eigenvalue weighted by Gasteiger charge is -2.30. The predicted octanol–water partition coefficient (Wildman–Crippen LogP) is 3.86. The Labute approximate surface area is 214 Å². The number of furan rings is 1. The second-order valence-corrected chi connectivity index (χ2v) is 9.70. The number of rotatable bonds is 4. The van der Waals surface area contributed by atoms with Gasteiger partial charge in [-0.2, -0.15) is 5.10 Å². The lowest BCUT2D eigenvalue weighted by molar-refractivity contribution is 0.0683. The van der Waals surface area contributed by atoms with Crippen LogP contribution in [0.4, 0.5) is 0 Å². The Morgan fingerprint density at radius 3 is 2.59 bits per heavy atom. The molecule has 0 aliphatic carbocycles. The molecule has 11 heteroatoms. The Kier molecular flexibility index (Phi) is 5.89. The second kappa shape index (κ2) is 9.51. The number of amides is 3. The number of hydrogen-bond acceptors (Lipinski definition) is 7. The molecule has 3 amide bonds. The zero-order valence-corrected chi connectivity index (χ0v) is 20.4. The molecule has 0 unspecified atom stereocenters. The SMILES string of the molecule is O=C(NNC(=O)c1n[nH]c2ccccc12)c1csc(C2CCN(C(=O)c3cc4ccccc4o3)CC2)n1. The van der Waals surface area contributed by atoms with E-state index < -0.39 is 11.8 Å². The Bertz CT molecular complexity index is 1600. The fourth-order valence-corrected chi connectivity index (χ4v) is 5.50. The molecule has 0 saturated carbocycles. The first kappa shape index (κ1) is 22.9. The van der Waals surface area contributed by atoms with E-state index in [2.05, 4.69) is 26.0 Å². The molecule has 0 atom stereocenters. The van der Waals surface area contributed by atoms with E-state index in [9.17, 15) is 14.4 Å². The first-order chi connectivity index (χ1) is 18.1. The van der Waals surface area contributed by atoms with Crippen molar-refractivity contribution in [3.8, 4) is 0 Å². The highest BCUT2D eigenvalue weighted by atomic mass is 32.1.